The zero-order valence-electron chi connectivity index (χ0n) is 13.6. The van der Waals surface area contributed by atoms with Gasteiger partial charge in [0.1, 0.15) is 5.69 Å². The Morgan fingerprint density at radius 2 is 2.09 bits per heavy atom. The molecule has 2 heterocycles. The minimum atomic E-state index is -0.934. The summed E-state index contributed by atoms with van der Waals surface area (Å²) in [6.45, 7) is 6.34. The number of carboxylic acids is 1. The lowest BCUT2D eigenvalue weighted by Crippen LogP contribution is -2.39. The summed E-state index contributed by atoms with van der Waals surface area (Å²) in [6.07, 6.45) is 2.86. The summed E-state index contributed by atoms with van der Waals surface area (Å²) in [5.41, 5.74) is 2.97. The van der Waals surface area contributed by atoms with Crippen molar-refractivity contribution in [3.05, 3.63) is 35.0 Å². The van der Waals surface area contributed by atoms with Gasteiger partial charge in [-0.15, -0.1) is 0 Å². The molecule has 5 heteroatoms. The first-order valence-corrected chi connectivity index (χ1v) is 8.26. The quantitative estimate of drug-likeness (QED) is 0.922. The highest BCUT2D eigenvalue weighted by atomic mass is 16.4. The van der Waals surface area contributed by atoms with Crippen LogP contribution < -0.4 is 0 Å². The van der Waals surface area contributed by atoms with Gasteiger partial charge in [-0.1, -0.05) is 13.3 Å². The Morgan fingerprint density at radius 3 is 2.74 bits per heavy atom. The van der Waals surface area contributed by atoms with E-state index in [2.05, 4.69) is 6.92 Å². The standard InChI is InChI=1S/C18H22N2O3/c1-3-5-9-19-10-8-13-14-11-12(18(22)23)6-7-15(14)20(4-2)16(13)17(19)21/h6-7,11H,3-5,8-10H2,1-2H3,(H,22,23). The molecule has 1 aliphatic rings. The maximum atomic E-state index is 12.9. The van der Waals surface area contributed by atoms with Gasteiger partial charge in [-0.25, -0.2) is 4.79 Å². The fourth-order valence-electron chi connectivity index (χ4n) is 3.44. The highest BCUT2D eigenvalue weighted by molar-refractivity contribution is 6.04. The van der Waals surface area contributed by atoms with Crippen LogP contribution in [0.5, 0.6) is 0 Å². The molecule has 1 aromatic carbocycles. The van der Waals surface area contributed by atoms with Crippen LogP contribution in [0.2, 0.25) is 0 Å². The molecule has 122 valence electrons. The second-order valence-electron chi connectivity index (χ2n) is 6.00. The van der Waals surface area contributed by atoms with Crippen LogP contribution in [0.1, 0.15) is 53.1 Å². The van der Waals surface area contributed by atoms with Crippen molar-refractivity contribution in [1.82, 2.24) is 9.47 Å². The second kappa shape index (κ2) is 6.07. The molecule has 0 aliphatic carbocycles. The molecule has 1 aromatic heterocycles. The second-order valence-corrected chi connectivity index (χ2v) is 6.00. The minimum absolute atomic E-state index is 0.0784. The zero-order valence-corrected chi connectivity index (χ0v) is 13.6. The average Bonchev–Trinajstić information content (AvgIpc) is 2.88. The van der Waals surface area contributed by atoms with Gasteiger partial charge in [0.25, 0.3) is 5.91 Å². The Hall–Kier alpha value is -2.30. The third-order valence-electron chi connectivity index (χ3n) is 4.63. The third-order valence-corrected chi connectivity index (χ3v) is 4.63. The first kappa shape index (κ1) is 15.6. The van der Waals surface area contributed by atoms with Crippen molar-refractivity contribution in [3.63, 3.8) is 0 Å². The van der Waals surface area contributed by atoms with Crippen LogP contribution in [0.4, 0.5) is 0 Å². The van der Waals surface area contributed by atoms with E-state index in [1.807, 2.05) is 22.5 Å². The molecule has 0 atom stereocenters. The number of hydrogen-bond acceptors (Lipinski definition) is 2. The molecule has 0 fully saturated rings. The van der Waals surface area contributed by atoms with E-state index in [0.717, 1.165) is 48.0 Å². The molecule has 0 saturated heterocycles. The molecule has 23 heavy (non-hydrogen) atoms. The molecular formula is C18H22N2O3. The zero-order chi connectivity index (χ0) is 16.6. The number of rotatable bonds is 5. The summed E-state index contributed by atoms with van der Waals surface area (Å²) in [7, 11) is 0. The predicted molar refractivity (Wildman–Crippen MR) is 89.1 cm³/mol. The highest BCUT2D eigenvalue weighted by Gasteiger charge is 2.30. The molecule has 1 amide bonds. The number of hydrogen-bond donors (Lipinski definition) is 1. The van der Waals surface area contributed by atoms with E-state index in [9.17, 15) is 14.7 Å². The Morgan fingerprint density at radius 1 is 1.30 bits per heavy atom. The molecule has 1 aliphatic heterocycles. The topological polar surface area (TPSA) is 62.5 Å². The minimum Gasteiger partial charge on any atom is -0.478 e. The van der Waals surface area contributed by atoms with E-state index in [4.69, 9.17) is 0 Å². The van der Waals surface area contributed by atoms with E-state index in [1.165, 1.54) is 0 Å². The average molecular weight is 314 g/mol. The van der Waals surface area contributed by atoms with Crippen molar-refractivity contribution in [2.45, 2.75) is 39.7 Å². The van der Waals surface area contributed by atoms with Crippen LogP contribution in [-0.4, -0.2) is 39.5 Å². The summed E-state index contributed by atoms with van der Waals surface area (Å²) >= 11 is 0. The molecule has 0 saturated carbocycles. The van der Waals surface area contributed by atoms with Crippen molar-refractivity contribution in [2.75, 3.05) is 13.1 Å². The number of carboxylic acid groups (broad SMARTS) is 1. The predicted octanol–water partition coefficient (Wildman–Crippen LogP) is 3.16. The molecule has 0 radical (unpaired) electrons. The van der Waals surface area contributed by atoms with Gasteiger partial charge in [0.05, 0.1) is 5.56 Å². The van der Waals surface area contributed by atoms with Crippen LogP contribution in [0.15, 0.2) is 18.2 Å². The van der Waals surface area contributed by atoms with Crippen molar-refractivity contribution >= 4 is 22.8 Å². The molecular weight excluding hydrogens is 292 g/mol. The molecule has 0 bridgehead atoms. The van der Waals surface area contributed by atoms with E-state index < -0.39 is 5.97 Å². The first-order valence-electron chi connectivity index (χ1n) is 8.26. The van der Waals surface area contributed by atoms with Crippen LogP contribution in [-0.2, 0) is 13.0 Å². The first-order chi connectivity index (χ1) is 11.1. The Labute approximate surface area is 135 Å². The monoisotopic (exact) mass is 314 g/mol. The molecule has 3 rings (SSSR count). The summed E-state index contributed by atoms with van der Waals surface area (Å²) in [5, 5.41) is 10.1. The molecule has 2 aromatic rings. The molecule has 1 N–H and O–H groups in total. The number of nitrogens with zero attached hydrogens (tertiary/aromatic N) is 2. The van der Waals surface area contributed by atoms with Crippen molar-refractivity contribution in [3.8, 4) is 0 Å². The van der Waals surface area contributed by atoms with Gasteiger partial charge in [-0.2, -0.15) is 0 Å². The maximum absolute atomic E-state index is 12.9. The van der Waals surface area contributed by atoms with Crippen molar-refractivity contribution in [1.29, 1.82) is 0 Å². The van der Waals surface area contributed by atoms with Gasteiger partial charge in [0, 0.05) is 30.5 Å². The summed E-state index contributed by atoms with van der Waals surface area (Å²) in [4.78, 5) is 26.0. The molecule has 0 unspecified atom stereocenters. The summed E-state index contributed by atoms with van der Waals surface area (Å²) in [5.74, 6) is -0.855. The number of carbonyl (C=O) groups is 2. The van der Waals surface area contributed by atoms with Gasteiger partial charge >= 0.3 is 5.97 Å². The summed E-state index contributed by atoms with van der Waals surface area (Å²) in [6, 6.07) is 5.14. The maximum Gasteiger partial charge on any atom is 0.335 e. The number of unbranched alkanes of at least 4 members (excludes halogenated alkanes) is 1. The normalized spacial score (nSPS) is 14.3. The van der Waals surface area contributed by atoms with Crippen molar-refractivity contribution in [2.24, 2.45) is 0 Å². The molecule has 5 nitrogen and oxygen atoms in total. The smallest absolute Gasteiger partial charge is 0.335 e. The number of benzene rings is 1. The van der Waals surface area contributed by atoms with E-state index >= 15 is 0 Å². The number of carbonyl (C=O) groups excluding carboxylic acids is 1. The van der Waals surface area contributed by atoms with Gasteiger partial charge in [0.15, 0.2) is 0 Å². The van der Waals surface area contributed by atoms with Crippen LogP contribution >= 0.6 is 0 Å². The highest BCUT2D eigenvalue weighted by Crippen LogP contribution is 2.31. The van der Waals surface area contributed by atoms with Crippen molar-refractivity contribution < 1.29 is 14.7 Å². The van der Waals surface area contributed by atoms with Gasteiger partial charge in [-0.05, 0) is 43.5 Å². The van der Waals surface area contributed by atoms with Crippen LogP contribution in [0, 0.1) is 0 Å². The van der Waals surface area contributed by atoms with Crippen LogP contribution in [0.3, 0.4) is 0 Å². The SMILES string of the molecule is CCCCN1CCc2c(n(CC)c3ccc(C(=O)O)cc23)C1=O. The molecule has 0 spiro atoms. The number of amides is 1. The Bertz CT molecular complexity index is 776. The third kappa shape index (κ3) is 2.50. The van der Waals surface area contributed by atoms with Gasteiger partial charge in [-0.3, -0.25) is 4.79 Å². The van der Waals surface area contributed by atoms with E-state index in [1.54, 1.807) is 12.1 Å². The van der Waals surface area contributed by atoms with Crippen LogP contribution in [0.25, 0.3) is 10.9 Å². The number of aromatic carboxylic acids is 1. The largest absolute Gasteiger partial charge is 0.478 e. The van der Waals surface area contributed by atoms with E-state index in [-0.39, 0.29) is 11.5 Å². The van der Waals surface area contributed by atoms with Gasteiger partial charge < -0.3 is 14.6 Å². The Kier molecular flexibility index (Phi) is 4.11. The Balaban J connectivity index is 2.14. The fourth-order valence-corrected chi connectivity index (χ4v) is 3.44. The fraction of sp³-hybridized carbons (Fsp3) is 0.444. The lowest BCUT2D eigenvalue weighted by atomic mass is 10.0. The number of aryl methyl sites for hydroxylation is 1. The summed E-state index contributed by atoms with van der Waals surface area (Å²) < 4.78 is 2.02. The van der Waals surface area contributed by atoms with E-state index in [0.29, 0.717) is 13.1 Å². The lowest BCUT2D eigenvalue weighted by molar-refractivity contribution is 0.0695. The number of aromatic nitrogens is 1. The lowest BCUT2D eigenvalue weighted by Gasteiger charge is -2.28. The van der Waals surface area contributed by atoms with Gasteiger partial charge in [0.2, 0.25) is 0 Å². The number of fused-ring (bicyclic) bond motifs is 3.